The number of hydrogen-bond acceptors (Lipinski definition) is 9. The molecule has 4 aromatic heterocycles. The number of sulfonamides is 1. The Kier molecular flexibility index (Phi) is 7.50. The number of nitrogen functional groups attached to an aromatic ring is 1. The highest BCUT2D eigenvalue weighted by Gasteiger charge is 2.25. The molecule has 0 unspecified atom stereocenters. The SMILES string of the molecule is C[C@@H](NC(=O)c1c(N)nn2cccnc12)c1nc2cccc(C#Cc3cnn(C)c3)c2c(=O)n1CCS(=O)(=O)N(C)C. The van der Waals surface area contributed by atoms with E-state index >= 15 is 0 Å². The highest BCUT2D eigenvalue weighted by molar-refractivity contribution is 7.89. The summed E-state index contributed by atoms with van der Waals surface area (Å²) in [6.45, 7) is 1.44. The van der Waals surface area contributed by atoms with Gasteiger partial charge in [-0.15, -0.1) is 5.10 Å². The monoisotopic (exact) mass is 588 g/mol. The predicted molar refractivity (Wildman–Crippen MR) is 156 cm³/mol. The topological polar surface area (TPSA) is 175 Å². The van der Waals surface area contributed by atoms with Crippen molar-refractivity contribution >= 4 is 38.3 Å². The maximum atomic E-state index is 14.0. The standard InChI is InChI=1S/C27H28N10O4S/c1-17(31-26(38)22-23(28)33-37-12-6-11-29-25(22)37)24-32-20-8-5-7-19(10-9-18-15-30-35(4)16-18)21(20)27(39)36(24)13-14-42(40,41)34(2)3/h5-8,11-12,15-17H,13-14H2,1-4H3,(H2,28,33)(H,31,38)/t17-/m1/s1. The molecule has 0 saturated heterocycles. The third-order valence-corrected chi connectivity index (χ3v) is 8.38. The lowest BCUT2D eigenvalue weighted by Crippen LogP contribution is -2.36. The zero-order chi connectivity index (χ0) is 30.2. The predicted octanol–water partition coefficient (Wildman–Crippen LogP) is 0.537. The molecule has 15 heteroatoms. The van der Waals surface area contributed by atoms with Crippen LogP contribution in [0.4, 0.5) is 5.82 Å². The smallest absolute Gasteiger partial charge is 0.262 e. The number of fused-ring (bicyclic) bond motifs is 2. The lowest BCUT2D eigenvalue weighted by Gasteiger charge is -2.20. The molecule has 0 aliphatic rings. The molecule has 0 aliphatic heterocycles. The van der Waals surface area contributed by atoms with Gasteiger partial charge in [0.15, 0.2) is 11.5 Å². The first-order chi connectivity index (χ1) is 20.0. The molecular formula is C27H28N10O4S. The van der Waals surface area contributed by atoms with Gasteiger partial charge < -0.3 is 11.1 Å². The number of carbonyl (C=O) groups excluding carboxylic acids is 1. The number of nitrogens with zero attached hydrogens (tertiary/aromatic N) is 8. The number of carbonyl (C=O) groups is 1. The number of rotatable bonds is 7. The van der Waals surface area contributed by atoms with Crippen LogP contribution in [0, 0.1) is 11.8 Å². The van der Waals surface area contributed by atoms with Crippen LogP contribution in [-0.2, 0) is 23.6 Å². The first-order valence-corrected chi connectivity index (χ1v) is 14.4. The van der Waals surface area contributed by atoms with E-state index in [4.69, 9.17) is 10.7 Å². The van der Waals surface area contributed by atoms with E-state index < -0.39 is 27.5 Å². The summed E-state index contributed by atoms with van der Waals surface area (Å²) in [4.78, 5) is 36.2. The first kappa shape index (κ1) is 28.5. The van der Waals surface area contributed by atoms with Crippen molar-refractivity contribution in [2.75, 3.05) is 25.6 Å². The number of aromatic nitrogens is 7. The Hall–Kier alpha value is -5.07. The van der Waals surface area contributed by atoms with Crippen molar-refractivity contribution in [1.29, 1.82) is 0 Å². The van der Waals surface area contributed by atoms with Gasteiger partial charge in [-0.2, -0.15) is 5.10 Å². The molecule has 1 amide bonds. The van der Waals surface area contributed by atoms with Crippen LogP contribution in [0.2, 0.25) is 0 Å². The fourth-order valence-corrected chi connectivity index (χ4v) is 5.18. The molecule has 0 radical (unpaired) electrons. The van der Waals surface area contributed by atoms with Gasteiger partial charge in [-0.1, -0.05) is 17.9 Å². The molecule has 0 spiro atoms. The van der Waals surface area contributed by atoms with Gasteiger partial charge in [0, 0.05) is 51.8 Å². The van der Waals surface area contributed by atoms with Crippen LogP contribution in [0.1, 0.15) is 40.3 Å². The Bertz CT molecular complexity index is 2070. The molecule has 4 heterocycles. The highest BCUT2D eigenvalue weighted by Crippen LogP contribution is 2.20. The highest BCUT2D eigenvalue weighted by atomic mass is 32.2. The molecule has 1 aromatic carbocycles. The Morgan fingerprint density at radius 3 is 2.71 bits per heavy atom. The van der Waals surface area contributed by atoms with Crippen molar-refractivity contribution < 1.29 is 13.2 Å². The Morgan fingerprint density at radius 1 is 1.21 bits per heavy atom. The van der Waals surface area contributed by atoms with E-state index in [0.29, 0.717) is 16.6 Å². The molecule has 5 rings (SSSR count). The van der Waals surface area contributed by atoms with Crippen LogP contribution in [0.15, 0.2) is 53.8 Å². The number of hydrogen-bond donors (Lipinski definition) is 2. The first-order valence-electron chi connectivity index (χ1n) is 12.8. The number of nitrogens with one attached hydrogen (secondary N) is 1. The molecule has 1 atom stereocenters. The molecule has 0 saturated carbocycles. The summed E-state index contributed by atoms with van der Waals surface area (Å²) in [6, 6.07) is 5.90. The van der Waals surface area contributed by atoms with Gasteiger partial charge in [-0.3, -0.25) is 18.8 Å². The van der Waals surface area contributed by atoms with E-state index in [9.17, 15) is 18.0 Å². The van der Waals surface area contributed by atoms with Crippen LogP contribution in [0.3, 0.4) is 0 Å². The largest absolute Gasteiger partial charge is 0.381 e. The van der Waals surface area contributed by atoms with Crippen molar-refractivity contribution in [2.24, 2.45) is 7.05 Å². The minimum Gasteiger partial charge on any atom is -0.381 e. The van der Waals surface area contributed by atoms with E-state index in [1.165, 1.54) is 29.4 Å². The number of nitrogens with two attached hydrogens (primary N) is 1. The molecule has 14 nitrogen and oxygen atoms in total. The van der Waals surface area contributed by atoms with Gasteiger partial charge in [0.05, 0.1) is 34.5 Å². The Labute approximate surface area is 240 Å². The average Bonchev–Trinajstić information content (AvgIpc) is 3.52. The van der Waals surface area contributed by atoms with Crippen LogP contribution >= 0.6 is 0 Å². The molecular weight excluding hydrogens is 560 g/mol. The molecule has 0 aliphatic carbocycles. The summed E-state index contributed by atoms with van der Waals surface area (Å²) in [5, 5.41) is 11.3. The van der Waals surface area contributed by atoms with Crippen molar-refractivity contribution in [3.8, 4) is 11.8 Å². The lowest BCUT2D eigenvalue weighted by molar-refractivity contribution is 0.0939. The number of benzene rings is 1. The third kappa shape index (κ3) is 5.45. The number of amides is 1. The lowest BCUT2D eigenvalue weighted by atomic mass is 10.1. The van der Waals surface area contributed by atoms with Crippen molar-refractivity contribution in [1.82, 2.24) is 43.6 Å². The Morgan fingerprint density at radius 2 is 2.00 bits per heavy atom. The average molecular weight is 589 g/mol. The van der Waals surface area contributed by atoms with Crippen LogP contribution in [0.25, 0.3) is 16.6 Å². The zero-order valence-corrected chi connectivity index (χ0v) is 24.1. The second-order valence-corrected chi connectivity index (χ2v) is 12.0. The van der Waals surface area contributed by atoms with Gasteiger partial charge in [0.2, 0.25) is 10.0 Å². The van der Waals surface area contributed by atoms with Crippen molar-refractivity contribution in [3.63, 3.8) is 0 Å². The van der Waals surface area contributed by atoms with Gasteiger partial charge in [-0.05, 0) is 25.1 Å². The van der Waals surface area contributed by atoms with E-state index in [1.54, 1.807) is 61.5 Å². The van der Waals surface area contributed by atoms with E-state index in [-0.39, 0.29) is 40.5 Å². The molecule has 3 N–H and O–H groups in total. The molecule has 42 heavy (non-hydrogen) atoms. The number of aryl methyl sites for hydroxylation is 1. The fourth-order valence-electron chi connectivity index (χ4n) is 4.40. The summed E-state index contributed by atoms with van der Waals surface area (Å²) in [5.74, 6) is 5.21. The summed E-state index contributed by atoms with van der Waals surface area (Å²) in [7, 11) is 0.943. The second kappa shape index (κ2) is 11.1. The van der Waals surface area contributed by atoms with Crippen LogP contribution in [0.5, 0.6) is 0 Å². The third-order valence-electron chi connectivity index (χ3n) is 6.57. The normalized spacial score (nSPS) is 12.4. The molecule has 5 aromatic rings. The quantitative estimate of drug-likeness (QED) is 0.257. The summed E-state index contributed by atoms with van der Waals surface area (Å²) >= 11 is 0. The van der Waals surface area contributed by atoms with E-state index in [2.05, 4.69) is 32.3 Å². The zero-order valence-electron chi connectivity index (χ0n) is 23.3. The van der Waals surface area contributed by atoms with E-state index in [1.807, 2.05) is 0 Å². The maximum Gasteiger partial charge on any atom is 0.262 e. The maximum absolute atomic E-state index is 14.0. The van der Waals surface area contributed by atoms with E-state index in [0.717, 1.165) is 4.31 Å². The summed E-state index contributed by atoms with van der Waals surface area (Å²) in [5.41, 5.74) is 7.29. The van der Waals surface area contributed by atoms with Crippen LogP contribution in [-0.4, -0.2) is 72.4 Å². The minimum atomic E-state index is -3.67. The van der Waals surface area contributed by atoms with Gasteiger partial charge in [-0.25, -0.2) is 27.2 Å². The van der Waals surface area contributed by atoms with Crippen LogP contribution < -0.4 is 16.6 Å². The fraction of sp³-hybridized carbons (Fsp3) is 0.259. The molecule has 0 bridgehead atoms. The van der Waals surface area contributed by atoms with Gasteiger partial charge in [0.1, 0.15) is 11.4 Å². The molecule has 0 fully saturated rings. The van der Waals surface area contributed by atoms with Crippen molar-refractivity contribution in [2.45, 2.75) is 19.5 Å². The molecule has 216 valence electrons. The minimum absolute atomic E-state index is 0.0174. The summed E-state index contributed by atoms with van der Waals surface area (Å²) in [6.07, 6.45) is 6.48. The summed E-state index contributed by atoms with van der Waals surface area (Å²) < 4.78 is 30.6. The second-order valence-electron chi connectivity index (χ2n) is 9.72. The Balaban J connectivity index is 1.60. The van der Waals surface area contributed by atoms with Crippen molar-refractivity contribution in [3.05, 3.63) is 81.9 Å². The van der Waals surface area contributed by atoms with Gasteiger partial charge in [0.25, 0.3) is 11.5 Å². The number of anilines is 1. The van der Waals surface area contributed by atoms with Gasteiger partial charge >= 0.3 is 0 Å².